The van der Waals surface area contributed by atoms with Crippen molar-refractivity contribution in [3.05, 3.63) is 60.2 Å². The fraction of sp³-hybridized carbons (Fsp3) is 0.458. The Kier molecular flexibility index (Phi) is 8.09. The van der Waals surface area contributed by atoms with Crippen LogP contribution >= 0.6 is 0 Å². The zero-order valence-electron chi connectivity index (χ0n) is 18.3. The highest BCUT2D eigenvalue weighted by Gasteiger charge is 2.29. The molecule has 2 aromatic rings. The summed E-state index contributed by atoms with van der Waals surface area (Å²) in [6.07, 6.45) is 2.96. The third-order valence-corrected chi connectivity index (χ3v) is 7.43. The van der Waals surface area contributed by atoms with E-state index in [1.807, 2.05) is 44.2 Å². The van der Waals surface area contributed by atoms with Gasteiger partial charge in [-0.1, -0.05) is 30.3 Å². The third kappa shape index (κ3) is 6.80. The number of ether oxygens (including phenoxy) is 1. The SMILES string of the molecule is CC(C)Oc1ccc(CNC(=O)CCC2CCN(S(=O)(=O)c3ccccc3)CC2)cc1. The van der Waals surface area contributed by atoms with Crippen LogP contribution in [0.1, 0.15) is 45.1 Å². The van der Waals surface area contributed by atoms with E-state index in [0.717, 1.165) is 30.6 Å². The van der Waals surface area contributed by atoms with Crippen LogP contribution in [0, 0.1) is 5.92 Å². The molecule has 31 heavy (non-hydrogen) atoms. The van der Waals surface area contributed by atoms with E-state index in [0.29, 0.717) is 36.9 Å². The minimum Gasteiger partial charge on any atom is -0.491 e. The Morgan fingerprint density at radius 2 is 1.71 bits per heavy atom. The first-order valence-corrected chi connectivity index (χ1v) is 12.4. The molecule has 6 nitrogen and oxygen atoms in total. The summed E-state index contributed by atoms with van der Waals surface area (Å²) in [7, 11) is -3.42. The van der Waals surface area contributed by atoms with Gasteiger partial charge in [0, 0.05) is 26.1 Å². The summed E-state index contributed by atoms with van der Waals surface area (Å²) < 4.78 is 32.6. The summed E-state index contributed by atoms with van der Waals surface area (Å²) in [4.78, 5) is 12.6. The fourth-order valence-electron chi connectivity index (χ4n) is 3.76. The van der Waals surface area contributed by atoms with Gasteiger partial charge in [-0.15, -0.1) is 0 Å². The predicted octanol–water partition coefficient (Wildman–Crippen LogP) is 3.97. The number of rotatable bonds is 9. The van der Waals surface area contributed by atoms with Gasteiger partial charge in [0.05, 0.1) is 11.0 Å². The number of amides is 1. The summed E-state index contributed by atoms with van der Waals surface area (Å²) in [6, 6.07) is 16.3. The Labute approximate surface area is 185 Å². The largest absolute Gasteiger partial charge is 0.491 e. The van der Waals surface area contributed by atoms with Gasteiger partial charge in [0.15, 0.2) is 0 Å². The van der Waals surface area contributed by atoms with Crippen molar-refractivity contribution in [2.75, 3.05) is 13.1 Å². The number of piperidine rings is 1. The molecule has 3 rings (SSSR count). The van der Waals surface area contributed by atoms with Crippen LogP contribution in [0.3, 0.4) is 0 Å². The maximum atomic E-state index is 12.7. The van der Waals surface area contributed by atoms with Gasteiger partial charge >= 0.3 is 0 Å². The molecule has 1 saturated heterocycles. The number of nitrogens with zero attached hydrogens (tertiary/aromatic N) is 1. The van der Waals surface area contributed by atoms with Gasteiger partial charge in [-0.2, -0.15) is 4.31 Å². The second-order valence-corrected chi connectivity index (χ2v) is 10.2. The molecule has 0 spiro atoms. The van der Waals surface area contributed by atoms with Crippen LogP contribution < -0.4 is 10.1 Å². The molecule has 1 amide bonds. The summed E-state index contributed by atoms with van der Waals surface area (Å²) in [5.41, 5.74) is 1.03. The molecule has 0 bridgehead atoms. The number of nitrogens with one attached hydrogen (secondary N) is 1. The van der Waals surface area contributed by atoms with Crippen LogP contribution in [0.25, 0.3) is 0 Å². The monoisotopic (exact) mass is 444 g/mol. The zero-order valence-corrected chi connectivity index (χ0v) is 19.1. The van der Waals surface area contributed by atoms with E-state index in [1.165, 1.54) is 0 Å². The van der Waals surface area contributed by atoms with E-state index in [2.05, 4.69) is 5.32 Å². The highest BCUT2D eigenvalue weighted by atomic mass is 32.2. The van der Waals surface area contributed by atoms with Crippen LogP contribution in [0.15, 0.2) is 59.5 Å². The molecule has 0 aromatic heterocycles. The van der Waals surface area contributed by atoms with Gasteiger partial charge < -0.3 is 10.1 Å². The molecule has 1 fully saturated rings. The lowest BCUT2D eigenvalue weighted by Crippen LogP contribution is -2.38. The molecule has 0 atom stereocenters. The van der Waals surface area contributed by atoms with Crippen molar-refractivity contribution in [1.29, 1.82) is 0 Å². The number of carbonyl (C=O) groups excluding carboxylic acids is 1. The van der Waals surface area contributed by atoms with E-state index >= 15 is 0 Å². The molecule has 0 aliphatic carbocycles. The van der Waals surface area contributed by atoms with Crippen molar-refractivity contribution in [2.45, 2.75) is 57.1 Å². The van der Waals surface area contributed by atoms with Crippen molar-refractivity contribution in [2.24, 2.45) is 5.92 Å². The van der Waals surface area contributed by atoms with Gasteiger partial charge in [0.25, 0.3) is 0 Å². The van der Waals surface area contributed by atoms with Crippen LogP contribution in [0.2, 0.25) is 0 Å². The molecule has 0 radical (unpaired) electrons. The fourth-order valence-corrected chi connectivity index (χ4v) is 5.25. The van der Waals surface area contributed by atoms with E-state index in [1.54, 1.807) is 28.6 Å². The van der Waals surface area contributed by atoms with Gasteiger partial charge in [0.2, 0.25) is 15.9 Å². The lowest BCUT2D eigenvalue weighted by Gasteiger charge is -2.31. The minimum atomic E-state index is -3.42. The van der Waals surface area contributed by atoms with Gasteiger partial charge in [-0.3, -0.25) is 4.79 Å². The first kappa shape index (κ1) is 23.3. The van der Waals surface area contributed by atoms with Crippen molar-refractivity contribution in [1.82, 2.24) is 9.62 Å². The number of carbonyl (C=O) groups is 1. The van der Waals surface area contributed by atoms with Gasteiger partial charge in [-0.05, 0) is 68.9 Å². The first-order chi connectivity index (χ1) is 14.8. The predicted molar refractivity (Wildman–Crippen MR) is 121 cm³/mol. The van der Waals surface area contributed by atoms with Crippen LogP contribution in [0.4, 0.5) is 0 Å². The first-order valence-electron chi connectivity index (χ1n) is 10.9. The molecule has 168 valence electrons. The van der Waals surface area contributed by atoms with E-state index in [4.69, 9.17) is 4.74 Å². The Morgan fingerprint density at radius 1 is 1.06 bits per heavy atom. The standard InChI is InChI=1S/C24H32N2O4S/c1-19(2)30-22-11-8-21(9-12-22)18-25-24(27)13-10-20-14-16-26(17-15-20)31(28,29)23-6-4-3-5-7-23/h3-9,11-12,19-20H,10,13-18H2,1-2H3,(H,25,27). The molecule has 2 aromatic carbocycles. The maximum Gasteiger partial charge on any atom is 0.243 e. The molecule has 1 aliphatic rings. The lowest BCUT2D eigenvalue weighted by molar-refractivity contribution is -0.121. The van der Waals surface area contributed by atoms with E-state index < -0.39 is 10.0 Å². The zero-order chi connectivity index (χ0) is 22.3. The maximum absolute atomic E-state index is 12.7. The molecule has 1 N–H and O–H groups in total. The van der Waals surface area contributed by atoms with Crippen molar-refractivity contribution >= 4 is 15.9 Å². The average molecular weight is 445 g/mol. The number of sulfonamides is 1. The third-order valence-electron chi connectivity index (χ3n) is 5.52. The Balaban J connectivity index is 1.38. The Bertz CT molecular complexity index is 935. The minimum absolute atomic E-state index is 0.0295. The Hall–Kier alpha value is -2.38. The second-order valence-electron chi connectivity index (χ2n) is 8.29. The smallest absolute Gasteiger partial charge is 0.243 e. The molecular weight excluding hydrogens is 412 g/mol. The van der Waals surface area contributed by atoms with E-state index in [-0.39, 0.29) is 12.0 Å². The van der Waals surface area contributed by atoms with Crippen LogP contribution in [0.5, 0.6) is 5.75 Å². The normalized spacial score (nSPS) is 15.7. The quantitative estimate of drug-likeness (QED) is 0.635. The molecule has 0 unspecified atom stereocenters. The lowest BCUT2D eigenvalue weighted by atomic mass is 9.93. The number of hydrogen-bond acceptors (Lipinski definition) is 4. The Morgan fingerprint density at radius 3 is 2.32 bits per heavy atom. The molecule has 1 heterocycles. The molecule has 7 heteroatoms. The average Bonchev–Trinajstić information content (AvgIpc) is 2.78. The second kappa shape index (κ2) is 10.8. The summed E-state index contributed by atoms with van der Waals surface area (Å²) in [5.74, 6) is 1.23. The van der Waals surface area contributed by atoms with Gasteiger partial charge in [0.1, 0.15) is 5.75 Å². The van der Waals surface area contributed by atoms with Gasteiger partial charge in [-0.25, -0.2) is 8.42 Å². The van der Waals surface area contributed by atoms with Crippen molar-refractivity contribution in [3.63, 3.8) is 0 Å². The highest BCUT2D eigenvalue weighted by Crippen LogP contribution is 2.26. The van der Waals surface area contributed by atoms with Crippen molar-refractivity contribution in [3.8, 4) is 5.75 Å². The summed E-state index contributed by atoms with van der Waals surface area (Å²) in [6.45, 7) is 5.48. The molecule has 0 saturated carbocycles. The van der Waals surface area contributed by atoms with Crippen molar-refractivity contribution < 1.29 is 17.9 Å². The number of hydrogen-bond donors (Lipinski definition) is 1. The number of benzene rings is 2. The molecule has 1 aliphatic heterocycles. The summed E-state index contributed by atoms with van der Waals surface area (Å²) >= 11 is 0. The van der Waals surface area contributed by atoms with E-state index in [9.17, 15) is 13.2 Å². The van der Waals surface area contributed by atoms with Crippen LogP contribution in [-0.4, -0.2) is 37.8 Å². The molecular formula is C24H32N2O4S. The van der Waals surface area contributed by atoms with Crippen LogP contribution in [-0.2, 0) is 21.4 Å². The topological polar surface area (TPSA) is 75.7 Å². The summed E-state index contributed by atoms with van der Waals surface area (Å²) in [5, 5.41) is 2.97. The highest BCUT2D eigenvalue weighted by molar-refractivity contribution is 7.89.